The highest BCUT2D eigenvalue weighted by atomic mass is 16.7. The van der Waals surface area contributed by atoms with Gasteiger partial charge in [0, 0.05) is 5.56 Å². The molecule has 0 amide bonds. The summed E-state index contributed by atoms with van der Waals surface area (Å²) >= 11 is 0. The van der Waals surface area contributed by atoms with Crippen molar-refractivity contribution in [3.63, 3.8) is 0 Å². The zero-order valence-electron chi connectivity index (χ0n) is 26.5. The molecule has 11 heteroatoms. The van der Waals surface area contributed by atoms with E-state index in [-0.39, 0.29) is 32.2 Å². The normalized spacial score (nSPS) is 20.9. The van der Waals surface area contributed by atoms with Gasteiger partial charge in [0.25, 0.3) is 0 Å². The Morgan fingerprint density at radius 1 is 0.620 bits per heavy atom. The van der Waals surface area contributed by atoms with E-state index in [0.29, 0.717) is 39.7 Å². The smallest absolute Gasteiger partial charge is 0.321 e. The lowest BCUT2D eigenvalue weighted by molar-refractivity contribution is -0.155. The first-order valence-corrected chi connectivity index (χ1v) is 15.9. The molecule has 4 unspecified atom stereocenters. The van der Waals surface area contributed by atoms with Crippen molar-refractivity contribution in [3.05, 3.63) is 125 Å². The van der Waals surface area contributed by atoms with Crippen LogP contribution in [-0.4, -0.2) is 43.2 Å². The van der Waals surface area contributed by atoms with Crippen molar-refractivity contribution < 1.29 is 52.4 Å². The summed E-state index contributed by atoms with van der Waals surface area (Å²) < 4.78 is 32.6. The van der Waals surface area contributed by atoms with Crippen LogP contribution >= 0.6 is 0 Å². The van der Waals surface area contributed by atoms with Crippen LogP contribution in [0.25, 0.3) is 6.08 Å². The second-order valence-electron chi connectivity index (χ2n) is 12.0. The number of carbonyl (C=O) groups is 5. The first-order chi connectivity index (χ1) is 24.3. The molecule has 50 heavy (non-hydrogen) atoms. The lowest BCUT2D eigenvalue weighted by atomic mass is 9.67. The van der Waals surface area contributed by atoms with Crippen LogP contribution in [0.2, 0.25) is 0 Å². The summed E-state index contributed by atoms with van der Waals surface area (Å²) in [6, 6.07) is 28.3. The van der Waals surface area contributed by atoms with Gasteiger partial charge in [-0.2, -0.15) is 0 Å². The molecule has 0 radical (unpaired) electrons. The lowest BCUT2D eigenvalue weighted by Gasteiger charge is -2.33. The second kappa shape index (κ2) is 14.1. The maximum atomic E-state index is 12.6. The number of hydrogen-bond acceptors (Lipinski definition) is 11. The molecule has 2 saturated heterocycles. The third-order valence-electron chi connectivity index (χ3n) is 8.94. The first kappa shape index (κ1) is 32.3. The van der Waals surface area contributed by atoms with E-state index in [1.807, 2.05) is 30.3 Å². The predicted molar refractivity (Wildman–Crippen MR) is 175 cm³/mol. The van der Waals surface area contributed by atoms with E-state index in [1.54, 1.807) is 72.8 Å². The minimum atomic E-state index is -0.818. The van der Waals surface area contributed by atoms with Gasteiger partial charge in [-0.15, -0.1) is 0 Å². The summed E-state index contributed by atoms with van der Waals surface area (Å²) in [6.07, 6.45) is 3.40. The van der Waals surface area contributed by atoms with Gasteiger partial charge >= 0.3 is 23.9 Å². The number of hydrogen-bond donors (Lipinski definition) is 0. The van der Waals surface area contributed by atoms with Crippen molar-refractivity contribution in [3.8, 4) is 23.0 Å². The highest BCUT2D eigenvalue weighted by Gasteiger charge is 2.53. The molecule has 3 aliphatic rings. The molecule has 4 aromatic carbocycles. The summed E-state index contributed by atoms with van der Waals surface area (Å²) in [7, 11) is 0. The fourth-order valence-corrected chi connectivity index (χ4v) is 6.45. The number of cyclic esters (lactones) is 4. The van der Waals surface area contributed by atoms with E-state index in [4.69, 9.17) is 28.4 Å². The quantitative estimate of drug-likeness (QED) is 0.0594. The number of esters is 4. The van der Waals surface area contributed by atoms with Crippen molar-refractivity contribution >= 4 is 35.7 Å². The van der Waals surface area contributed by atoms with Gasteiger partial charge in [0.2, 0.25) is 13.6 Å². The number of benzene rings is 4. The molecule has 0 bridgehead atoms. The summed E-state index contributed by atoms with van der Waals surface area (Å²) in [5.74, 6) is -3.32. The third kappa shape index (κ3) is 6.98. The Labute approximate surface area is 286 Å². The molecule has 0 saturated carbocycles. The van der Waals surface area contributed by atoms with E-state index in [2.05, 4.69) is 0 Å². The monoisotopic (exact) mass is 674 g/mol. The van der Waals surface area contributed by atoms with E-state index in [9.17, 15) is 24.0 Å². The largest absolute Gasteiger partial charge is 0.458 e. The molecular weight excluding hydrogens is 644 g/mol. The predicted octanol–water partition coefficient (Wildman–Crippen LogP) is 5.77. The van der Waals surface area contributed by atoms with Crippen LogP contribution in [0.15, 0.2) is 103 Å². The van der Waals surface area contributed by atoms with Crippen molar-refractivity contribution in [1.82, 2.24) is 0 Å². The average molecular weight is 675 g/mol. The molecule has 2 heterocycles. The number of ketones is 1. The van der Waals surface area contributed by atoms with Crippen LogP contribution in [0.4, 0.5) is 0 Å². The summed E-state index contributed by atoms with van der Waals surface area (Å²) in [5.41, 5.74) is 2.70. The van der Waals surface area contributed by atoms with E-state index < -0.39 is 47.5 Å². The van der Waals surface area contributed by atoms with Crippen molar-refractivity contribution in [2.24, 2.45) is 11.8 Å². The van der Waals surface area contributed by atoms with Gasteiger partial charge in [0.15, 0.2) is 5.78 Å². The summed E-state index contributed by atoms with van der Waals surface area (Å²) in [5, 5.41) is 0. The van der Waals surface area contributed by atoms with E-state index >= 15 is 0 Å². The van der Waals surface area contributed by atoms with Crippen LogP contribution < -0.4 is 18.9 Å². The number of carbonyl (C=O) groups excluding carboxylic acids is 5. The van der Waals surface area contributed by atoms with Gasteiger partial charge in [-0.25, -0.2) is 0 Å². The Hall–Kier alpha value is -6.23. The van der Waals surface area contributed by atoms with Crippen LogP contribution in [0, 0.1) is 11.8 Å². The number of fused-ring (bicyclic) bond motifs is 3. The maximum absolute atomic E-state index is 12.6. The molecule has 11 nitrogen and oxygen atoms in total. The molecule has 4 aromatic rings. The standard InChI is InChI=1S/C39H30O11/c40-34(24-4-2-1-3-5-24)17-8-23-6-9-25(10-7-23)45-21-46-26-11-13-27(14-12-26)47-22-48-28-15-16-29-30(32-20-35(41)49-37(32)42)19-33-36(31(29)18-28)39(44)50-38(33)43/h1-18,30,32-33,36H,19-22H2/b17-8+. The molecule has 252 valence electrons. The Kier molecular flexibility index (Phi) is 9.11. The van der Waals surface area contributed by atoms with Gasteiger partial charge < -0.3 is 28.4 Å². The fraction of sp³-hybridized carbons (Fsp3) is 0.205. The lowest BCUT2D eigenvalue weighted by Crippen LogP contribution is -2.31. The second-order valence-corrected chi connectivity index (χ2v) is 12.0. The first-order valence-electron chi connectivity index (χ1n) is 15.9. The van der Waals surface area contributed by atoms with Crippen molar-refractivity contribution in [2.45, 2.75) is 24.7 Å². The molecule has 4 atom stereocenters. The zero-order chi connectivity index (χ0) is 34.6. The van der Waals surface area contributed by atoms with E-state index in [1.165, 1.54) is 6.08 Å². The zero-order valence-corrected chi connectivity index (χ0v) is 26.5. The number of rotatable bonds is 12. The van der Waals surface area contributed by atoms with Gasteiger partial charge in [-0.1, -0.05) is 54.6 Å². The minimum Gasteiger partial charge on any atom is -0.458 e. The van der Waals surface area contributed by atoms with E-state index in [0.717, 1.165) is 5.56 Å². The SMILES string of the molecule is O=C1CC(C2CC3C(=O)OC(=O)C3c3cc(OCOc4ccc(OCOc5ccc(/C=C/C(=O)c6ccccc6)cc5)cc4)ccc32)C(=O)O1. The Morgan fingerprint density at radius 2 is 1.20 bits per heavy atom. The molecule has 0 spiro atoms. The number of allylic oxidation sites excluding steroid dienone is 1. The summed E-state index contributed by atoms with van der Waals surface area (Å²) in [6.45, 7) is -0.179. The van der Waals surface area contributed by atoms with Crippen LogP contribution in [0.3, 0.4) is 0 Å². The van der Waals surface area contributed by atoms with Crippen LogP contribution in [-0.2, 0) is 28.7 Å². The molecule has 0 aromatic heterocycles. The van der Waals surface area contributed by atoms with Crippen LogP contribution in [0.5, 0.6) is 23.0 Å². The summed E-state index contributed by atoms with van der Waals surface area (Å²) in [4.78, 5) is 61.5. The minimum absolute atomic E-state index is 0.0244. The molecule has 2 aliphatic heterocycles. The highest BCUT2D eigenvalue weighted by Crippen LogP contribution is 2.51. The maximum Gasteiger partial charge on any atom is 0.321 e. The topological polar surface area (TPSA) is 141 Å². The highest BCUT2D eigenvalue weighted by molar-refractivity contribution is 6.06. The average Bonchev–Trinajstić information content (AvgIpc) is 3.63. The molecule has 1 aliphatic carbocycles. The third-order valence-corrected chi connectivity index (χ3v) is 8.94. The van der Waals surface area contributed by atoms with Gasteiger partial charge in [-0.3, -0.25) is 24.0 Å². The van der Waals surface area contributed by atoms with Gasteiger partial charge in [0.1, 0.15) is 23.0 Å². The Morgan fingerprint density at radius 3 is 1.82 bits per heavy atom. The van der Waals surface area contributed by atoms with Crippen molar-refractivity contribution in [2.75, 3.05) is 13.6 Å². The molecule has 2 fully saturated rings. The van der Waals surface area contributed by atoms with Crippen LogP contribution in [0.1, 0.15) is 51.7 Å². The van der Waals surface area contributed by atoms with Crippen molar-refractivity contribution in [1.29, 1.82) is 0 Å². The fourth-order valence-electron chi connectivity index (χ4n) is 6.45. The Balaban J connectivity index is 0.899. The molecule has 7 rings (SSSR count). The van der Waals surface area contributed by atoms with Gasteiger partial charge in [-0.05, 0) is 83.6 Å². The molecule has 0 N–H and O–H groups in total. The Bertz CT molecular complexity index is 1970. The molecular formula is C39H30O11. The van der Waals surface area contributed by atoms with Gasteiger partial charge in [0.05, 0.1) is 24.2 Å². The number of ether oxygens (including phenoxy) is 6.